The van der Waals surface area contributed by atoms with Crippen LogP contribution in [0.5, 0.6) is 5.75 Å². The van der Waals surface area contributed by atoms with E-state index in [2.05, 4.69) is 5.32 Å². The van der Waals surface area contributed by atoms with Crippen LogP contribution in [-0.4, -0.2) is 71.1 Å². The van der Waals surface area contributed by atoms with Gasteiger partial charge in [-0.15, -0.1) is 0 Å². The van der Waals surface area contributed by atoms with Crippen LogP contribution in [0, 0.1) is 5.92 Å². The fourth-order valence-electron chi connectivity index (χ4n) is 5.23. The molecule has 1 N–H and O–H groups in total. The SMILES string of the molecule is COc1cccc(C2=CN(C(=O)c3ccccc3)C(C(C)C)C(=O)N2CC(=O)N[C@@H](Cc2ccccc2)C(=O)C(=O)OC(C)C)c1. The Labute approximate surface area is 269 Å². The number of methoxy groups -OCH3 is 1. The van der Waals surface area contributed by atoms with Crippen molar-refractivity contribution in [2.45, 2.75) is 52.3 Å². The molecule has 0 saturated heterocycles. The number of esters is 1. The Bertz CT molecular complexity index is 1600. The number of rotatable bonds is 12. The van der Waals surface area contributed by atoms with Gasteiger partial charge >= 0.3 is 5.97 Å². The maximum atomic E-state index is 14.3. The predicted octanol–water partition coefficient (Wildman–Crippen LogP) is 4.25. The van der Waals surface area contributed by atoms with Gasteiger partial charge in [0.15, 0.2) is 0 Å². The van der Waals surface area contributed by atoms with E-state index in [1.165, 1.54) is 16.9 Å². The van der Waals surface area contributed by atoms with Gasteiger partial charge in [0, 0.05) is 23.7 Å². The number of nitrogens with zero attached hydrogens (tertiary/aromatic N) is 2. The van der Waals surface area contributed by atoms with Crippen molar-refractivity contribution >= 4 is 35.2 Å². The number of ketones is 1. The van der Waals surface area contributed by atoms with E-state index in [-0.39, 0.29) is 18.2 Å². The number of carbonyl (C=O) groups is 5. The molecule has 1 aliphatic heterocycles. The number of hydrogen-bond acceptors (Lipinski definition) is 7. The van der Waals surface area contributed by atoms with Crippen molar-refractivity contribution in [3.05, 3.63) is 108 Å². The van der Waals surface area contributed by atoms with Gasteiger partial charge in [0.2, 0.25) is 5.91 Å². The summed E-state index contributed by atoms with van der Waals surface area (Å²) >= 11 is 0. The molecule has 0 spiro atoms. The molecule has 10 nitrogen and oxygen atoms in total. The molecule has 1 unspecified atom stereocenters. The van der Waals surface area contributed by atoms with Crippen LogP contribution in [0.2, 0.25) is 0 Å². The standard InChI is InChI=1S/C36H39N3O7/c1-23(2)32-35(43)38(22-31(40)37-29(19-25-13-8-6-9-14-25)33(41)36(44)46-24(3)4)30(27-17-12-18-28(20-27)45-5)21-39(32)34(42)26-15-10-7-11-16-26/h6-18,20-21,23-24,29,32H,19,22H2,1-5H3,(H,37,40)/t29-,32?/m0/s1. The fourth-order valence-corrected chi connectivity index (χ4v) is 5.23. The lowest BCUT2D eigenvalue weighted by atomic mass is 9.96. The maximum Gasteiger partial charge on any atom is 0.377 e. The minimum absolute atomic E-state index is 0.0408. The molecule has 0 bridgehead atoms. The minimum atomic E-state index is -1.23. The number of carbonyl (C=O) groups excluding carboxylic acids is 5. The molecule has 0 saturated carbocycles. The van der Waals surface area contributed by atoms with Crippen molar-refractivity contribution in [3.8, 4) is 5.75 Å². The zero-order valence-corrected chi connectivity index (χ0v) is 26.6. The Morgan fingerprint density at radius 3 is 2.13 bits per heavy atom. The molecule has 3 amide bonds. The predicted molar refractivity (Wildman–Crippen MR) is 172 cm³/mol. The van der Waals surface area contributed by atoms with Crippen molar-refractivity contribution in [1.29, 1.82) is 0 Å². The van der Waals surface area contributed by atoms with E-state index >= 15 is 0 Å². The molecule has 1 aliphatic rings. The van der Waals surface area contributed by atoms with Gasteiger partial charge < -0.3 is 19.7 Å². The van der Waals surface area contributed by atoms with Crippen LogP contribution in [0.4, 0.5) is 0 Å². The Hall–Kier alpha value is -5.25. The molecule has 1 heterocycles. The third-order valence-corrected chi connectivity index (χ3v) is 7.40. The van der Waals surface area contributed by atoms with Crippen LogP contribution in [0.25, 0.3) is 5.70 Å². The number of hydrogen-bond donors (Lipinski definition) is 1. The summed E-state index contributed by atoms with van der Waals surface area (Å²) in [4.78, 5) is 70.2. The fraction of sp³-hybridized carbons (Fsp3) is 0.306. The van der Waals surface area contributed by atoms with Crippen LogP contribution in [0.1, 0.15) is 49.2 Å². The summed E-state index contributed by atoms with van der Waals surface area (Å²) in [5.41, 5.74) is 1.96. The first-order valence-electron chi connectivity index (χ1n) is 15.1. The molecule has 10 heteroatoms. The van der Waals surface area contributed by atoms with E-state index in [1.54, 1.807) is 98.9 Å². The van der Waals surface area contributed by atoms with Gasteiger partial charge in [0.05, 0.1) is 18.9 Å². The monoisotopic (exact) mass is 625 g/mol. The number of benzene rings is 3. The molecule has 240 valence electrons. The molecule has 0 aromatic heterocycles. The molecular weight excluding hydrogens is 586 g/mol. The third-order valence-electron chi connectivity index (χ3n) is 7.40. The number of Topliss-reactive ketones (excluding diaryl/α,β-unsaturated/α-hetero) is 1. The molecule has 0 aliphatic carbocycles. The molecule has 46 heavy (non-hydrogen) atoms. The number of ether oxygens (including phenoxy) is 2. The normalized spacial score (nSPS) is 15.3. The highest BCUT2D eigenvalue weighted by atomic mass is 16.5. The minimum Gasteiger partial charge on any atom is -0.497 e. The summed E-state index contributed by atoms with van der Waals surface area (Å²) < 4.78 is 10.5. The maximum absolute atomic E-state index is 14.3. The summed E-state index contributed by atoms with van der Waals surface area (Å²) in [5.74, 6) is -3.27. The second-order valence-corrected chi connectivity index (χ2v) is 11.6. The molecule has 3 aromatic rings. The van der Waals surface area contributed by atoms with E-state index < -0.39 is 48.3 Å². The lowest BCUT2D eigenvalue weighted by Crippen LogP contribution is -2.57. The van der Waals surface area contributed by atoms with Crippen molar-refractivity contribution in [1.82, 2.24) is 15.1 Å². The van der Waals surface area contributed by atoms with Crippen LogP contribution in [0.3, 0.4) is 0 Å². The Morgan fingerprint density at radius 2 is 1.52 bits per heavy atom. The zero-order chi connectivity index (χ0) is 33.4. The van der Waals surface area contributed by atoms with E-state index in [1.807, 2.05) is 19.9 Å². The molecule has 3 aromatic carbocycles. The summed E-state index contributed by atoms with van der Waals surface area (Å²) in [5, 5.41) is 2.67. The lowest BCUT2D eigenvalue weighted by Gasteiger charge is -2.41. The number of nitrogens with one attached hydrogen (secondary N) is 1. The van der Waals surface area contributed by atoms with Gasteiger partial charge in [-0.25, -0.2) is 4.79 Å². The summed E-state index contributed by atoms with van der Waals surface area (Å²) in [6.45, 7) is 6.43. The highest BCUT2D eigenvalue weighted by Crippen LogP contribution is 2.32. The quantitative estimate of drug-likeness (QED) is 0.236. The number of amides is 3. The molecule has 4 rings (SSSR count). The van der Waals surface area contributed by atoms with Gasteiger partial charge in [-0.05, 0) is 49.6 Å². The van der Waals surface area contributed by atoms with Gasteiger partial charge in [-0.1, -0.05) is 74.5 Å². The third kappa shape index (κ3) is 8.06. The highest BCUT2D eigenvalue weighted by molar-refractivity contribution is 6.36. The second kappa shape index (κ2) is 15.2. The van der Waals surface area contributed by atoms with Crippen LogP contribution >= 0.6 is 0 Å². The second-order valence-electron chi connectivity index (χ2n) is 11.6. The van der Waals surface area contributed by atoms with Crippen molar-refractivity contribution in [2.75, 3.05) is 13.7 Å². The van der Waals surface area contributed by atoms with Crippen molar-refractivity contribution in [2.24, 2.45) is 5.92 Å². The first-order valence-corrected chi connectivity index (χ1v) is 15.1. The zero-order valence-electron chi connectivity index (χ0n) is 26.6. The summed E-state index contributed by atoms with van der Waals surface area (Å²) in [6.07, 6.45) is 1.09. The Kier molecular flexibility index (Phi) is 11.1. The largest absolute Gasteiger partial charge is 0.497 e. The average Bonchev–Trinajstić information content (AvgIpc) is 3.04. The van der Waals surface area contributed by atoms with Crippen LogP contribution in [0.15, 0.2) is 91.1 Å². The topological polar surface area (TPSA) is 122 Å². The van der Waals surface area contributed by atoms with E-state index in [0.717, 1.165) is 5.56 Å². The molecule has 0 radical (unpaired) electrons. The molecular formula is C36H39N3O7. The van der Waals surface area contributed by atoms with E-state index in [0.29, 0.717) is 22.6 Å². The average molecular weight is 626 g/mol. The molecule has 2 atom stereocenters. The first-order chi connectivity index (χ1) is 22.0. The van der Waals surface area contributed by atoms with Crippen molar-refractivity contribution in [3.63, 3.8) is 0 Å². The van der Waals surface area contributed by atoms with Gasteiger partial charge in [-0.2, -0.15) is 0 Å². The Balaban J connectivity index is 1.71. The van der Waals surface area contributed by atoms with E-state index in [9.17, 15) is 24.0 Å². The van der Waals surface area contributed by atoms with E-state index in [4.69, 9.17) is 9.47 Å². The molecule has 0 fully saturated rings. The Morgan fingerprint density at radius 1 is 0.870 bits per heavy atom. The summed E-state index contributed by atoms with van der Waals surface area (Å²) in [6, 6.07) is 22.4. The van der Waals surface area contributed by atoms with Crippen LogP contribution < -0.4 is 10.1 Å². The first kappa shape index (κ1) is 33.6. The van der Waals surface area contributed by atoms with Crippen molar-refractivity contribution < 1.29 is 33.4 Å². The smallest absolute Gasteiger partial charge is 0.377 e. The lowest BCUT2D eigenvalue weighted by molar-refractivity contribution is -0.157. The van der Waals surface area contributed by atoms with Gasteiger partial charge in [0.1, 0.15) is 24.4 Å². The highest BCUT2D eigenvalue weighted by Gasteiger charge is 2.42. The van der Waals surface area contributed by atoms with Gasteiger partial charge in [-0.3, -0.25) is 24.1 Å². The van der Waals surface area contributed by atoms with Crippen LogP contribution in [-0.2, 0) is 30.3 Å². The van der Waals surface area contributed by atoms with Gasteiger partial charge in [0.25, 0.3) is 17.6 Å². The summed E-state index contributed by atoms with van der Waals surface area (Å²) in [7, 11) is 1.51.